The van der Waals surface area contributed by atoms with Crippen molar-refractivity contribution in [1.29, 1.82) is 0 Å². The van der Waals surface area contributed by atoms with Crippen molar-refractivity contribution in [2.45, 2.75) is 29.4 Å². The standard InChI is InChI=1S/C29H26O6S/c1-19-5-15-25(16-6-19)36(30,31)28-18-27-26(17-20(28)2)34-29(35-27,21-7-11-23(32-3)12-8-21)22-9-13-24(33-4)14-10-22/h5-18H,1-4H3. The van der Waals surface area contributed by atoms with Gasteiger partial charge in [0, 0.05) is 17.2 Å². The van der Waals surface area contributed by atoms with E-state index in [2.05, 4.69) is 0 Å². The highest BCUT2D eigenvalue weighted by atomic mass is 32.2. The van der Waals surface area contributed by atoms with E-state index in [0.717, 1.165) is 16.7 Å². The predicted octanol–water partition coefficient (Wildman–Crippen LogP) is 5.83. The summed E-state index contributed by atoms with van der Waals surface area (Å²) in [4.78, 5) is 0.403. The summed E-state index contributed by atoms with van der Waals surface area (Å²) in [5, 5.41) is 0. The van der Waals surface area contributed by atoms with E-state index in [4.69, 9.17) is 18.9 Å². The maximum Gasteiger partial charge on any atom is 0.305 e. The SMILES string of the molecule is COc1ccc(C2(c3ccc(OC)cc3)Oc3cc(C)c(S(=O)(=O)c4ccc(C)cc4)cc3O2)cc1. The Morgan fingerprint density at radius 1 is 0.667 bits per heavy atom. The molecule has 0 spiro atoms. The summed E-state index contributed by atoms with van der Waals surface area (Å²) >= 11 is 0. The van der Waals surface area contributed by atoms with Gasteiger partial charge in [-0.25, -0.2) is 8.42 Å². The van der Waals surface area contributed by atoms with E-state index in [0.29, 0.717) is 28.6 Å². The molecule has 0 aromatic heterocycles. The largest absolute Gasteiger partial charge is 0.497 e. The van der Waals surface area contributed by atoms with E-state index in [1.165, 1.54) is 0 Å². The minimum Gasteiger partial charge on any atom is -0.497 e. The van der Waals surface area contributed by atoms with E-state index in [1.54, 1.807) is 57.5 Å². The second-order valence-electron chi connectivity index (χ2n) is 8.66. The van der Waals surface area contributed by atoms with Gasteiger partial charge in [0.25, 0.3) is 0 Å². The molecule has 4 aromatic rings. The molecule has 0 N–H and O–H groups in total. The summed E-state index contributed by atoms with van der Waals surface area (Å²) in [6.07, 6.45) is 0. The van der Waals surface area contributed by atoms with Crippen LogP contribution < -0.4 is 18.9 Å². The van der Waals surface area contributed by atoms with E-state index in [-0.39, 0.29) is 9.79 Å². The highest BCUT2D eigenvalue weighted by molar-refractivity contribution is 7.91. The first-order valence-corrected chi connectivity index (χ1v) is 12.9. The molecule has 184 valence electrons. The molecule has 0 aliphatic carbocycles. The van der Waals surface area contributed by atoms with Gasteiger partial charge in [0.2, 0.25) is 9.84 Å². The fraction of sp³-hybridized carbons (Fsp3) is 0.172. The molecule has 0 unspecified atom stereocenters. The van der Waals surface area contributed by atoms with Crippen LogP contribution in [0.1, 0.15) is 22.3 Å². The third kappa shape index (κ3) is 3.95. The van der Waals surface area contributed by atoms with Gasteiger partial charge in [0.15, 0.2) is 11.5 Å². The number of ether oxygens (including phenoxy) is 4. The Hall–Kier alpha value is -3.97. The van der Waals surface area contributed by atoms with Gasteiger partial charge >= 0.3 is 5.79 Å². The van der Waals surface area contributed by atoms with Crippen molar-refractivity contribution in [1.82, 2.24) is 0 Å². The number of hydrogen-bond donors (Lipinski definition) is 0. The van der Waals surface area contributed by atoms with Crippen molar-refractivity contribution >= 4 is 9.84 Å². The van der Waals surface area contributed by atoms with Crippen molar-refractivity contribution in [3.63, 3.8) is 0 Å². The van der Waals surface area contributed by atoms with E-state index in [9.17, 15) is 8.42 Å². The van der Waals surface area contributed by atoms with Crippen LogP contribution in [-0.2, 0) is 15.6 Å². The fourth-order valence-electron chi connectivity index (χ4n) is 4.29. The van der Waals surface area contributed by atoms with Crippen LogP contribution in [0.15, 0.2) is 94.7 Å². The molecule has 1 heterocycles. The summed E-state index contributed by atoms with van der Waals surface area (Å²) in [6, 6.07) is 24.9. The monoisotopic (exact) mass is 502 g/mol. The molecular weight excluding hydrogens is 476 g/mol. The van der Waals surface area contributed by atoms with Gasteiger partial charge in [-0.05, 0) is 86.1 Å². The fourth-order valence-corrected chi connectivity index (χ4v) is 5.78. The van der Waals surface area contributed by atoms with Gasteiger partial charge in [-0.1, -0.05) is 17.7 Å². The van der Waals surface area contributed by atoms with Gasteiger partial charge in [-0.3, -0.25) is 0 Å². The average Bonchev–Trinajstić information content (AvgIpc) is 3.28. The van der Waals surface area contributed by atoms with Crippen LogP contribution in [0, 0.1) is 13.8 Å². The molecule has 4 aromatic carbocycles. The third-order valence-electron chi connectivity index (χ3n) is 6.31. The number of hydrogen-bond acceptors (Lipinski definition) is 6. The summed E-state index contributed by atoms with van der Waals surface area (Å²) < 4.78 is 50.6. The van der Waals surface area contributed by atoms with Crippen LogP contribution in [0.3, 0.4) is 0 Å². The Balaban J connectivity index is 1.62. The molecule has 0 atom stereocenters. The molecule has 5 rings (SSSR count). The lowest BCUT2D eigenvalue weighted by molar-refractivity contribution is -0.0460. The van der Waals surface area contributed by atoms with E-state index >= 15 is 0 Å². The highest BCUT2D eigenvalue weighted by Gasteiger charge is 2.46. The third-order valence-corrected chi connectivity index (χ3v) is 8.22. The molecular formula is C29H26O6S. The van der Waals surface area contributed by atoms with Gasteiger partial charge < -0.3 is 18.9 Å². The second kappa shape index (κ2) is 8.91. The zero-order chi connectivity index (χ0) is 25.5. The van der Waals surface area contributed by atoms with Gasteiger partial charge in [-0.15, -0.1) is 0 Å². The van der Waals surface area contributed by atoms with Crippen molar-refractivity contribution < 1.29 is 27.4 Å². The van der Waals surface area contributed by atoms with Crippen molar-refractivity contribution in [3.05, 3.63) is 107 Å². The minimum absolute atomic E-state index is 0.175. The number of rotatable bonds is 6. The Kier molecular flexibility index (Phi) is 5.88. The van der Waals surface area contributed by atoms with Gasteiger partial charge in [0.05, 0.1) is 24.0 Å². The quantitative estimate of drug-likeness (QED) is 0.331. The van der Waals surface area contributed by atoms with Gasteiger partial charge in [-0.2, -0.15) is 0 Å². The lowest BCUT2D eigenvalue weighted by Gasteiger charge is -2.29. The summed E-state index contributed by atoms with van der Waals surface area (Å²) in [7, 11) is -0.556. The van der Waals surface area contributed by atoms with E-state index in [1.807, 2.05) is 55.5 Å². The number of methoxy groups -OCH3 is 2. The molecule has 0 bridgehead atoms. The minimum atomic E-state index is -3.76. The van der Waals surface area contributed by atoms with Crippen LogP contribution in [-0.4, -0.2) is 22.6 Å². The average molecular weight is 503 g/mol. The van der Waals surface area contributed by atoms with Crippen molar-refractivity contribution in [2.24, 2.45) is 0 Å². The lowest BCUT2D eigenvalue weighted by Crippen LogP contribution is -2.36. The summed E-state index contributed by atoms with van der Waals surface area (Å²) in [5.74, 6) is 0.877. The van der Waals surface area contributed by atoms with Crippen LogP contribution in [0.5, 0.6) is 23.0 Å². The Bertz CT molecular complexity index is 1460. The molecule has 6 nitrogen and oxygen atoms in total. The predicted molar refractivity (Wildman–Crippen MR) is 136 cm³/mol. The molecule has 0 radical (unpaired) electrons. The first-order valence-electron chi connectivity index (χ1n) is 11.4. The topological polar surface area (TPSA) is 71.1 Å². The Morgan fingerprint density at radius 2 is 1.14 bits per heavy atom. The van der Waals surface area contributed by atoms with Crippen molar-refractivity contribution in [3.8, 4) is 23.0 Å². The van der Waals surface area contributed by atoms with Gasteiger partial charge in [0.1, 0.15) is 11.5 Å². The van der Waals surface area contributed by atoms with Crippen LogP contribution in [0.2, 0.25) is 0 Å². The zero-order valence-corrected chi connectivity index (χ0v) is 21.3. The highest BCUT2D eigenvalue weighted by Crippen LogP contribution is 2.50. The normalized spacial score (nSPS) is 13.9. The Labute approximate surface area is 211 Å². The molecule has 0 amide bonds. The zero-order valence-electron chi connectivity index (χ0n) is 20.4. The number of sulfone groups is 1. The molecule has 0 saturated carbocycles. The molecule has 7 heteroatoms. The van der Waals surface area contributed by atoms with Crippen molar-refractivity contribution in [2.75, 3.05) is 14.2 Å². The van der Waals surface area contributed by atoms with Crippen LogP contribution in [0.4, 0.5) is 0 Å². The number of aryl methyl sites for hydroxylation is 2. The Morgan fingerprint density at radius 3 is 1.61 bits per heavy atom. The molecule has 36 heavy (non-hydrogen) atoms. The molecule has 0 fully saturated rings. The second-order valence-corrected chi connectivity index (χ2v) is 10.6. The first-order chi connectivity index (χ1) is 17.3. The van der Waals surface area contributed by atoms with Crippen LogP contribution in [0.25, 0.3) is 0 Å². The first kappa shape index (κ1) is 23.8. The molecule has 0 saturated heterocycles. The lowest BCUT2D eigenvalue weighted by atomic mass is 9.97. The molecule has 1 aliphatic heterocycles. The summed E-state index contributed by atoms with van der Waals surface area (Å²) in [5.41, 5.74) is 3.01. The summed E-state index contributed by atoms with van der Waals surface area (Å²) in [6.45, 7) is 3.67. The maximum atomic E-state index is 13.5. The number of benzene rings is 4. The van der Waals surface area contributed by atoms with Crippen LogP contribution >= 0.6 is 0 Å². The molecule has 1 aliphatic rings. The number of fused-ring (bicyclic) bond motifs is 1. The smallest absolute Gasteiger partial charge is 0.305 e. The van der Waals surface area contributed by atoms with E-state index < -0.39 is 15.6 Å². The maximum absolute atomic E-state index is 13.5.